The molecule has 1 aliphatic carbocycles. The van der Waals surface area contributed by atoms with Crippen LogP contribution in [0, 0.1) is 0 Å². The first-order valence-electron chi connectivity index (χ1n) is 5.49. The highest BCUT2D eigenvalue weighted by Gasteiger charge is 2.33. The average Bonchev–Trinajstić information content (AvgIpc) is 2.91. The highest BCUT2D eigenvalue weighted by molar-refractivity contribution is 4.90. The van der Waals surface area contributed by atoms with Gasteiger partial charge in [0, 0.05) is 44.8 Å². The van der Waals surface area contributed by atoms with Crippen molar-refractivity contribution in [3.8, 4) is 0 Å². The van der Waals surface area contributed by atoms with E-state index in [-0.39, 0.29) is 0 Å². The van der Waals surface area contributed by atoms with Crippen LogP contribution in [-0.2, 0) is 0 Å². The molecule has 2 fully saturated rings. The highest BCUT2D eigenvalue weighted by atomic mass is 15.3. The van der Waals surface area contributed by atoms with E-state index in [1.807, 2.05) is 0 Å². The van der Waals surface area contributed by atoms with Crippen molar-refractivity contribution >= 4 is 0 Å². The first-order chi connectivity index (χ1) is 6.31. The predicted octanol–water partition coefficient (Wildman–Crippen LogP) is 0.114. The molecule has 1 heterocycles. The largest absolute Gasteiger partial charge is 0.329 e. The lowest BCUT2D eigenvalue weighted by Gasteiger charge is -2.39. The second-order valence-corrected chi connectivity index (χ2v) is 4.40. The molecule has 3 heteroatoms. The molecule has 0 aromatic rings. The molecule has 1 saturated carbocycles. The Morgan fingerprint density at radius 2 is 2.08 bits per heavy atom. The molecule has 0 aromatic carbocycles. The van der Waals surface area contributed by atoms with E-state index in [0.717, 1.165) is 19.1 Å². The normalized spacial score (nSPS) is 32.3. The summed E-state index contributed by atoms with van der Waals surface area (Å²) in [4.78, 5) is 5.16. The SMILES string of the molecule is CC1CN(C2CC2)CCN1CCN. The lowest BCUT2D eigenvalue weighted by atomic mass is 10.2. The Kier molecular flexibility index (Phi) is 2.86. The van der Waals surface area contributed by atoms with Crippen molar-refractivity contribution < 1.29 is 0 Å². The maximum atomic E-state index is 5.57. The van der Waals surface area contributed by atoms with Crippen molar-refractivity contribution in [1.29, 1.82) is 0 Å². The first-order valence-corrected chi connectivity index (χ1v) is 5.49. The molecular formula is C10H21N3. The molecule has 2 N–H and O–H groups in total. The Labute approximate surface area is 80.9 Å². The third-order valence-corrected chi connectivity index (χ3v) is 3.28. The lowest BCUT2D eigenvalue weighted by Crippen LogP contribution is -2.53. The van der Waals surface area contributed by atoms with Gasteiger partial charge in [-0.25, -0.2) is 0 Å². The van der Waals surface area contributed by atoms with Gasteiger partial charge in [0.25, 0.3) is 0 Å². The van der Waals surface area contributed by atoms with Crippen molar-refractivity contribution in [2.24, 2.45) is 5.73 Å². The summed E-state index contributed by atoms with van der Waals surface area (Å²) < 4.78 is 0. The number of piperazine rings is 1. The van der Waals surface area contributed by atoms with Crippen LogP contribution < -0.4 is 5.73 Å². The molecule has 1 aliphatic heterocycles. The van der Waals surface area contributed by atoms with Crippen LogP contribution in [0.3, 0.4) is 0 Å². The van der Waals surface area contributed by atoms with Gasteiger partial charge in [-0.3, -0.25) is 9.80 Å². The van der Waals surface area contributed by atoms with E-state index in [1.165, 1.54) is 32.5 Å². The summed E-state index contributed by atoms with van der Waals surface area (Å²) in [5.41, 5.74) is 5.57. The van der Waals surface area contributed by atoms with Gasteiger partial charge >= 0.3 is 0 Å². The smallest absolute Gasteiger partial charge is 0.0196 e. The zero-order chi connectivity index (χ0) is 9.26. The average molecular weight is 183 g/mol. The van der Waals surface area contributed by atoms with E-state index in [9.17, 15) is 0 Å². The van der Waals surface area contributed by atoms with Gasteiger partial charge in [-0.05, 0) is 19.8 Å². The first kappa shape index (κ1) is 9.44. The van der Waals surface area contributed by atoms with E-state index in [4.69, 9.17) is 5.73 Å². The lowest BCUT2D eigenvalue weighted by molar-refractivity contribution is 0.0811. The molecule has 2 aliphatic rings. The summed E-state index contributed by atoms with van der Waals surface area (Å²) in [5.74, 6) is 0. The minimum Gasteiger partial charge on any atom is -0.329 e. The molecule has 0 radical (unpaired) electrons. The Bertz CT molecular complexity index is 168. The van der Waals surface area contributed by atoms with Gasteiger partial charge in [0.15, 0.2) is 0 Å². The van der Waals surface area contributed by atoms with E-state index in [0.29, 0.717) is 6.04 Å². The van der Waals surface area contributed by atoms with Gasteiger partial charge in [-0.1, -0.05) is 0 Å². The van der Waals surface area contributed by atoms with Crippen LogP contribution in [0.25, 0.3) is 0 Å². The van der Waals surface area contributed by atoms with Gasteiger partial charge in [-0.15, -0.1) is 0 Å². The van der Waals surface area contributed by atoms with E-state index < -0.39 is 0 Å². The van der Waals surface area contributed by atoms with Crippen LogP contribution in [0.1, 0.15) is 19.8 Å². The van der Waals surface area contributed by atoms with Crippen molar-refractivity contribution in [2.75, 3.05) is 32.7 Å². The molecule has 2 rings (SSSR count). The fourth-order valence-corrected chi connectivity index (χ4v) is 2.29. The van der Waals surface area contributed by atoms with Crippen molar-refractivity contribution in [1.82, 2.24) is 9.80 Å². The maximum absolute atomic E-state index is 5.57. The van der Waals surface area contributed by atoms with Crippen LogP contribution in [0.2, 0.25) is 0 Å². The van der Waals surface area contributed by atoms with Crippen LogP contribution in [0.5, 0.6) is 0 Å². The Morgan fingerprint density at radius 3 is 2.62 bits per heavy atom. The van der Waals surface area contributed by atoms with E-state index in [2.05, 4.69) is 16.7 Å². The molecular weight excluding hydrogens is 162 g/mol. The zero-order valence-corrected chi connectivity index (χ0v) is 8.58. The summed E-state index contributed by atoms with van der Waals surface area (Å²) in [5, 5.41) is 0. The molecule has 76 valence electrons. The molecule has 13 heavy (non-hydrogen) atoms. The minimum absolute atomic E-state index is 0.706. The van der Waals surface area contributed by atoms with Gasteiger partial charge in [0.05, 0.1) is 0 Å². The van der Waals surface area contributed by atoms with Crippen LogP contribution in [0.15, 0.2) is 0 Å². The Balaban J connectivity index is 1.80. The number of rotatable bonds is 3. The number of hydrogen-bond donors (Lipinski definition) is 1. The second-order valence-electron chi connectivity index (χ2n) is 4.40. The van der Waals surface area contributed by atoms with E-state index >= 15 is 0 Å². The standard InChI is InChI=1S/C10H21N3/c1-9-8-13(10-2-3-10)7-6-12(9)5-4-11/h9-10H,2-8,11H2,1H3. The van der Waals surface area contributed by atoms with Crippen LogP contribution in [-0.4, -0.2) is 54.6 Å². The topological polar surface area (TPSA) is 32.5 Å². The van der Waals surface area contributed by atoms with Gasteiger partial charge < -0.3 is 5.73 Å². The monoisotopic (exact) mass is 183 g/mol. The quantitative estimate of drug-likeness (QED) is 0.674. The number of nitrogens with zero attached hydrogens (tertiary/aromatic N) is 2. The minimum atomic E-state index is 0.706. The van der Waals surface area contributed by atoms with Crippen LogP contribution in [0.4, 0.5) is 0 Å². The summed E-state index contributed by atoms with van der Waals surface area (Å²) in [6.07, 6.45) is 2.87. The summed E-state index contributed by atoms with van der Waals surface area (Å²) in [6.45, 7) is 7.92. The van der Waals surface area contributed by atoms with Crippen molar-refractivity contribution in [3.63, 3.8) is 0 Å². The highest BCUT2D eigenvalue weighted by Crippen LogP contribution is 2.28. The van der Waals surface area contributed by atoms with Gasteiger partial charge in [-0.2, -0.15) is 0 Å². The molecule has 3 nitrogen and oxygen atoms in total. The Hall–Kier alpha value is -0.120. The third kappa shape index (κ3) is 2.22. The zero-order valence-electron chi connectivity index (χ0n) is 8.58. The van der Waals surface area contributed by atoms with Gasteiger partial charge in [0.1, 0.15) is 0 Å². The van der Waals surface area contributed by atoms with Gasteiger partial charge in [0.2, 0.25) is 0 Å². The third-order valence-electron chi connectivity index (χ3n) is 3.28. The molecule has 0 aromatic heterocycles. The molecule has 0 spiro atoms. The molecule has 1 saturated heterocycles. The molecule has 1 atom stereocenters. The van der Waals surface area contributed by atoms with Crippen molar-refractivity contribution in [3.05, 3.63) is 0 Å². The number of nitrogens with two attached hydrogens (primary N) is 1. The van der Waals surface area contributed by atoms with Crippen molar-refractivity contribution in [2.45, 2.75) is 31.8 Å². The molecule has 0 amide bonds. The predicted molar refractivity (Wildman–Crippen MR) is 54.7 cm³/mol. The fourth-order valence-electron chi connectivity index (χ4n) is 2.29. The summed E-state index contributed by atoms with van der Waals surface area (Å²) >= 11 is 0. The van der Waals surface area contributed by atoms with Crippen LogP contribution >= 0.6 is 0 Å². The molecule has 1 unspecified atom stereocenters. The second kappa shape index (κ2) is 3.95. The molecule has 0 bridgehead atoms. The Morgan fingerprint density at radius 1 is 1.31 bits per heavy atom. The summed E-state index contributed by atoms with van der Waals surface area (Å²) in [7, 11) is 0. The fraction of sp³-hybridized carbons (Fsp3) is 1.00. The summed E-state index contributed by atoms with van der Waals surface area (Å²) in [6, 6.07) is 1.64. The maximum Gasteiger partial charge on any atom is 0.0196 e. The van der Waals surface area contributed by atoms with E-state index in [1.54, 1.807) is 0 Å². The number of hydrogen-bond acceptors (Lipinski definition) is 3.